The van der Waals surface area contributed by atoms with E-state index in [-0.39, 0.29) is 0 Å². The Kier molecular flexibility index (Phi) is 4.13. The van der Waals surface area contributed by atoms with Crippen LogP contribution < -0.4 is 11.2 Å². The van der Waals surface area contributed by atoms with Crippen molar-refractivity contribution >= 4 is 5.69 Å². The molecule has 3 N–H and O–H groups in total. The summed E-state index contributed by atoms with van der Waals surface area (Å²) in [6.45, 7) is 1.24. The second-order valence-corrected chi connectivity index (χ2v) is 3.85. The molecule has 0 aliphatic heterocycles. The Morgan fingerprint density at radius 1 is 0.941 bits per heavy atom. The lowest BCUT2D eigenvalue weighted by atomic mass is 10.2. The van der Waals surface area contributed by atoms with Crippen molar-refractivity contribution in [1.82, 2.24) is 0 Å². The van der Waals surface area contributed by atoms with Crippen LogP contribution in [0.4, 0.5) is 5.69 Å². The van der Waals surface area contributed by atoms with Crippen molar-refractivity contribution in [2.24, 2.45) is 5.90 Å². The Balaban J connectivity index is 1.97. The number of rotatable bonds is 5. The Bertz CT molecular complexity index is 457. The lowest BCUT2D eigenvalue weighted by Gasteiger charge is -2.08. The number of nitrogens with two attached hydrogens (primary N) is 1. The van der Waals surface area contributed by atoms with Crippen LogP contribution in [0.5, 0.6) is 0 Å². The molecule has 0 saturated heterocycles. The summed E-state index contributed by atoms with van der Waals surface area (Å²) in [5.41, 5.74) is 3.39. The summed E-state index contributed by atoms with van der Waals surface area (Å²) in [7, 11) is 0. The van der Waals surface area contributed by atoms with E-state index in [9.17, 15) is 0 Å². The maximum atomic E-state index is 5.06. The van der Waals surface area contributed by atoms with E-state index in [1.165, 1.54) is 5.56 Å². The number of hydrogen-bond donors (Lipinski definition) is 2. The average Bonchev–Trinajstić information content (AvgIpc) is 2.39. The van der Waals surface area contributed by atoms with E-state index in [0.29, 0.717) is 6.61 Å². The van der Waals surface area contributed by atoms with E-state index in [1.54, 1.807) is 0 Å². The van der Waals surface area contributed by atoms with Crippen LogP contribution in [-0.4, -0.2) is 0 Å². The van der Waals surface area contributed by atoms with E-state index in [1.807, 2.05) is 42.5 Å². The highest BCUT2D eigenvalue weighted by molar-refractivity contribution is 5.46. The lowest BCUT2D eigenvalue weighted by molar-refractivity contribution is 0.124. The molecule has 0 fully saturated rings. The first-order chi connectivity index (χ1) is 8.38. The Labute approximate surface area is 101 Å². The van der Waals surface area contributed by atoms with Gasteiger partial charge < -0.3 is 5.32 Å². The largest absolute Gasteiger partial charge is 0.381 e. The summed E-state index contributed by atoms with van der Waals surface area (Å²) >= 11 is 0. The monoisotopic (exact) mass is 228 g/mol. The fourth-order valence-corrected chi connectivity index (χ4v) is 1.67. The second-order valence-electron chi connectivity index (χ2n) is 3.85. The van der Waals surface area contributed by atoms with Gasteiger partial charge in [-0.15, -0.1) is 0 Å². The van der Waals surface area contributed by atoms with E-state index in [2.05, 4.69) is 22.3 Å². The van der Waals surface area contributed by atoms with Gasteiger partial charge in [0, 0.05) is 12.2 Å². The topological polar surface area (TPSA) is 47.3 Å². The van der Waals surface area contributed by atoms with Crippen LogP contribution in [-0.2, 0) is 18.0 Å². The van der Waals surface area contributed by atoms with Gasteiger partial charge in [0.25, 0.3) is 0 Å². The van der Waals surface area contributed by atoms with Crippen LogP contribution in [0.1, 0.15) is 11.1 Å². The predicted octanol–water partition coefficient (Wildman–Crippen LogP) is 2.69. The van der Waals surface area contributed by atoms with Crippen LogP contribution in [0.25, 0.3) is 0 Å². The molecule has 88 valence electrons. The average molecular weight is 228 g/mol. The standard InChI is InChI=1S/C14H16N2O/c15-17-11-13-7-4-8-14(9-13)16-10-12-5-2-1-3-6-12/h1-9,16H,10-11,15H2. The maximum absolute atomic E-state index is 5.06. The van der Waals surface area contributed by atoms with Crippen molar-refractivity contribution in [3.8, 4) is 0 Å². The van der Waals surface area contributed by atoms with Crippen LogP contribution in [0, 0.1) is 0 Å². The van der Waals surface area contributed by atoms with Crippen molar-refractivity contribution < 1.29 is 4.84 Å². The van der Waals surface area contributed by atoms with E-state index >= 15 is 0 Å². The van der Waals surface area contributed by atoms with Gasteiger partial charge in [-0.05, 0) is 23.3 Å². The van der Waals surface area contributed by atoms with Gasteiger partial charge in [-0.2, -0.15) is 0 Å². The quantitative estimate of drug-likeness (QED) is 0.773. The molecule has 0 radical (unpaired) electrons. The van der Waals surface area contributed by atoms with Gasteiger partial charge in [-0.25, -0.2) is 5.90 Å². The summed E-state index contributed by atoms with van der Waals surface area (Å²) in [6, 6.07) is 18.3. The molecule has 0 atom stereocenters. The van der Waals surface area contributed by atoms with Gasteiger partial charge in [0.05, 0.1) is 6.61 Å². The molecule has 17 heavy (non-hydrogen) atoms. The van der Waals surface area contributed by atoms with Crippen molar-refractivity contribution in [3.05, 3.63) is 65.7 Å². The fraction of sp³-hybridized carbons (Fsp3) is 0.143. The summed E-state index contributed by atoms with van der Waals surface area (Å²) in [6.07, 6.45) is 0. The number of anilines is 1. The van der Waals surface area contributed by atoms with Gasteiger partial charge in [0.15, 0.2) is 0 Å². The molecule has 0 spiro atoms. The maximum Gasteiger partial charge on any atom is 0.0930 e. The van der Waals surface area contributed by atoms with Crippen molar-refractivity contribution in [2.45, 2.75) is 13.2 Å². The van der Waals surface area contributed by atoms with Crippen molar-refractivity contribution in [1.29, 1.82) is 0 Å². The molecule has 2 aromatic carbocycles. The highest BCUT2D eigenvalue weighted by Gasteiger charge is 1.96. The van der Waals surface area contributed by atoms with Crippen LogP contribution in [0.2, 0.25) is 0 Å². The normalized spacial score (nSPS) is 10.2. The molecule has 0 bridgehead atoms. The zero-order valence-electron chi connectivity index (χ0n) is 9.60. The smallest absolute Gasteiger partial charge is 0.0930 e. The summed E-state index contributed by atoms with van der Waals surface area (Å²) in [4.78, 5) is 4.62. The summed E-state index contributed by atoms with van der Waals surface area (Å²) in [5, 5.41) is 3.36. The first kappa shape index (κ1) is 11.6. The minimum absolute atomic E-state index is 0.431. The third-order valence-electron chi connectivity index (χ3n) is 2.52. The molecule has 0 unspecified atom stereocenters. The highest BCUT2D eigenvalue weighted by atomic mass is 16.6. The highest BCUT2D eigenvalue weighted by Crippen LogP contribution is 2.12. The third-order valence-corrected chi connectivity index (χ3v) is 2.52. The zero-order valence-corrected chi connectivity index (χ0v) is 9.60. The van der Waals surface area contributed by atoms with Gasteiger partial charge in [0.1, 0.15) is 0 Å². The Morgan fingerprint density at radius 2 is 1.71 bits per heavy atom. The summed E-state index contributed by atoms with van der Waals surface area (Å²) in [5.74, 6) is 5.06. The first-order valence-corrected chi connectivity index (χ1v) is 5.57. The molecule has 0 aliphatic rings. The Morgan fingerprint density at radius 3 is 2.47 bits per heavy atom. The predicted molar refractivity (Wildman–Crippen MR) is 69.2 cm³/mol. The zero-order chi connectivity index (χ0) is 11.9. The number of nitrogens with one attached hydrogen (secondary N) is 1. The van der Waals surface area contributed by atoms with E-state index in [0.717, 1.165) is 17.8 Å². The molecule has 0 saturated carbocycles. The minimum Gasteiger partial charge on any atom is -0.381 e. The minimum atomic E-state index is 0.431. The molecule has 3 heteroatoms. The third kappa shape index (κ3) is 3.59. The van der Waals surface area contributed by atoms with Crippen LogP contribution >= 0.6 is 0 Å². The van der Waals surface area contributed by atoms with Gasteiger partial charge in [0.2, 0.25) is 0 Å². The van der Waals surface area contributed by atoms with E-state index in [4.69, 9.17) is 5.90 Å². The molecule has 2 rings (SSSR count). The van der Waals surface area contributed by atoms with Crippen LogP contribution in [0.15, 0.2) is 54.6 Å². The molecule has 2 aromatic rings. The molecule has 0 heterocycles. The van der Waals surface area contributed by atoms with E-state index < -0.39 is 0 Å². The molecule has 0 amide bonds. The molecule has 0 aromatic heterocycles. The van der Waals surface area contributed by atoms with Crippen molar-refractivity contribution in [2.75, 3.05) is 5.32 Å². The lowest BCUT2D eigenvalue weighted by Crippen LogP contribution is -2.01. The molecule has 3 nitrogen and oxygen atoms in total. The summed E-state index contributed by atoms with van der Waals surface area (Å²) < 4.78 is 0. The fourth-order valence-electron chi connectivity index (χ4n) is 1.67. The first-order valence-electron chi connectivity index (χ1n) is 5.57. The SMILES string of the molecule is NOCc1cccc(NCc2ccccc2)c1. The molecular weight excluding hydrogens is 212 g/mol. The van der Waals surface area contributed by atoms with Crippen molar-refractivity contribution in [3.63, 3.8) is 0 Å². The van der Waals surface area contributed by atoms with Crippen LogP contribution in [0.3, 0.4) is 0 Å². The molecular formula is C14H16N2O. The molecule has 0 aliphatic carbocycles. The number of hydrogen-bond acceptors (Lipinski definition) is 3. The Hall–Kier alpha value is -1.84. The van der Waals surface area contributed by atoms with Gasteiger partial charge >= 0.3 is 0 Å². The van der Waals surface area contributed by atoms with Gasteiger partial charge in [-0.1, -0.05) is 42.5 Å². The van der Waals surface area contributed by atoms with Gasteiger partial charge in [-0.3, -0.25) is 4.84 Å². The second kappa shape index (κ2) is 6.03. The number of benzene rings is 2.